The van der Waals surface area contributed by atoms with Gasteiger partial charge in [0, 0.05) is 13.1 Å². The highest BCUT2D eigenvalue weighted by atomic mass is 16.4. The third-order valence-electron chi connectivity index (χ3n) is 3.73. The summed E-state index contributed by atoms with van der Waals surface area (Å²) in [5.41, 5.74) is 6.39. The zero-order chi connectivity index (χ0) is 15.1. The number of nitrogens with zero attached hydrogens (tertiary/aromatic N) is 2. The predicted octanol–water partition coefficient (Wildman–Crippen LogP) is 0.729. The van der Waals surface area contributed by atoms with Gasteiger partial charge in [-0.1, -0.05) is 35.5 Å². The van der Waals surface area contributed by atoms with Crippen LogP contribution in [-0.4, -0.2) is 48.0 Å². The van der Waals surface area contributed by atoms with E-state index in [0.29, 0.717) is 12.1 Å². The Bertz CT molecular complexity index is 484. The van der Waals surface area contributed by atoms with Crippen LogP contribution in [0.4, 0.5) is 0 Å². The second-order valence-electron chi connectivity index (χ2n) is 5.21. The molecule has 1 aromatic rings. The van der Waals surface area contributed by atoms with E-state index in [1.807, 2.05) is 18.2 Å². The van der Waals surface area contributed by atoms with E-state index < -0.39 is 5.92 Å². The molecule has 0 bridgehead atoms. The number of hydrogen-bond acceptors (Lipinski definition) is 4. The minimum atomic E-state index is -0.755. The van der Waals surface area contributed by atoms with E-state index in [0.717, 1.165) is 19.6 Å². The number of hydrogen-bond donors (Lipinski definition) is 3. The van der Waals surface area contributed by atoms with Crippen LogP contribution in [-0.2, 0) is 4.79 Å². The van der Waals surface area contributed by atoms with E-state index in [2.05, 4.69) is 15.4 Å². The van der Waals surface area contributed by atoms with Gasteiger partial charge in [0.1, 0.15) is 5.92 Å². The fourth-order valence-electron chi connectivity index (χ4n) is 2.61. The van der Waals surface area contributed by atoms with Gasteiger partial charge in [-0.05, 0) is 31.5 Å². The SMILES string of the molecule is NC(=NO)C(C(=O)NCCN1CCCC1)c1ccccc1. The Labute approximate surface area is 124 Å². The van der Waals surface area contributed by atoms with Gasteiger partial charge in [0.05, 0.1) is 0 Å². The van der Waals surface area contributed by atoms with Crippen LogP contribution in [0.15, 0.2) is 35.5 Å². The molecule has 1 saturated heterocycles. The molecule has 1 aromatic carbocycles. The number of rotatable bonds is 6. The molecule has 114 valence electrons. The highest BCUT2D eigenvalue weighted by Crippen LogP contribution is 2.16. The number of nitrogens with one attached hydrogen (secondary N) is 1. The average Bonchev–Trinajstić information content (AvgIpc) is 3.01. The highest BCUT2D eigenvalue weighted by Gasteiger charge is 2.25. The molecule has 1 fully saturated rings. The molecule has 0 saturated carbocycles. The van der Waals surface area contributed by atoms with Gasteiger partial charge in [0.25, 0.3) is 0 Å². The standard InChI is InChI=1S/C15H22N4O2/c16-14(18-21)13(12-6-2-1-3-7-12)15(20)17-8-11-19-9-4-5-10-19/h1-3,6-7,13,21H,4-5,8-11H2,(H2,16,18)(H,17,20). The van der Waals surface area contributed by atoms with Crippen molar-refractivity contribution < 1.29 is 10.0 Å². The lowest BCUT2D eigenvalue weighted by molar-refractivity contribution is -0.121. The number of benzene rings is 1. The number of carbonyl (C=O) groups is 1. The Kier molecular flexibility index (Phi) is 5.57. The Morgan fingerprint density at radius 2 is 2.00 bits per heavy atom. The molecule has 1 unspecified atom stereocenters. The van der Waals surface area contributed by atoms with Crippen molar-refractivity contribution in [3.8, 4) is 0 Å². The molecule has 21 heavy (non-hydrogen) atoms. The number of likely N-dealkylation sites (tertiary alicyclic amines) is 1. The van der Waals surface area contributed by atoms with Gasteiger partial charge in [-0.3, -0.25) is 4.79 Å². The van der Waals surface area contributed by atoms with E-state index in [4.69, 9.17) is 10.9 Å². The molecule has 4 N–H and O–H groups in total. The Hall–Kier alpha value is -2.08. The summed E-state index contributed by atoms with van der Waals surface area (Å²) in [5, 5.41) is 14.8. The summed E-state index contributed by atoms with van der Waals surface area (Å²) < 4.78 is 0. The molecule has 0 radical (unpaired) electrons. The van der Waals surface area contributed by atoms with Gasteiger partial charge in [-0.2, -0.15) is 0 Å². The number of amides is 1. The fourth-order valence-corrected chi connectivity index (χ4v) is 2.61. The number of amidine groups is 1. The van der Waals surface area contributed by atoms with Crippen LogP contribution in [0, 0.1) is 0 Å². The molecule has 0 aliphatic carbocycles. The lowest BCUT2D eigenvalue weighted by Gasteiger charge is -2.18. The zero-order valence-electron chi connectivity index (χ0n) is 12.0. The second kappa shape index (κ2) is 7.64. The van der Waals surface area contributed by atoms with Crippen LogP contribution < -0.4 is 11.1 Å². The van der Waals surface area contributed by atoms with E-state index in [1.54, 1.807) is 12.1 Å². The Balaban J connectivity index is 1.95. The minimum Gasteiger partial charge on any atom is -0.409 e. The van der Waals surface area contributed by atoms with Crippen molar-refractivity contribution in [2.24, 2.45) is 10.9 Å². The predicted molar refractivity (Wildman–Crippen MR) is 81.3 cm³/mol. The fraction of sp³-hybridized carbons (Fsp3) is 0.467. The van der Waals surface area contributed by atoms with Gasteiger partial charge in [0.2, 0.25) is 5.91 Å². The maximum atomic E-state index is 12.3. The van der Waals surface area contributed by atoms with Gasteiger partial charge in [-0.25, -0.2) is 0 Å². The maximum absolute atomic E-state index is 12.3. The summed E-state index contributed by atoms with van der Waals surface area (Å²) in [6.07, 6.45) is 2.45. The highest BCUT2D eigenvalue weighted by molar-refractivity contribution is 6.07. The quantitative estimate of drug-likeness (QED) is 0.312. The topological polar surface area (TPSA) is 91.0 Å². The van der Waals surface area contributed by atoms with Crippen molar-refractivity contribution in [1.82, 2.24) is 10.2 Å². The second-order valence-corrected chi connectivity index (χ2v) is 5.21. The van der Waals surface area contributed by atoms with Crippen LogP contribution in [0.2, 0.25) is 0 Å². The molecule has 2 rings (SSSR count). The average molecular weight is 290 g/mol. The summed E-state index contributed by atoms with van der Waals surface area (Å²) in [7, 11) is 0. The van der Waals surface area contributed by atoms with Crippen molar-refractivity contribution in [3.05, 3.63) is 35.9 Å². The molecule has 1 amide bonds. The van der Waals surface area contributed by atoms with Crippen LogP contribution >= 0.6 is 0 Å². The Morgan fingerprint density at radius 3 is 2.62 bits per heavy atom. The molecule has 6 heteroatoms. The monoisotopic (exact) mass is 290 g/mol. The summed E-state index contributed by atoms with van der Waals surface area (Å²) >= 11 is 0. The van der Waals surface area contributed by atoms with Gasteiger partial charge >= 0.3 is 0 Å². The molecule has 1 aliphatic rings. The third-order valence-corrected chi connectivity index (χ3v) is 3.73. The number of carbonyl (C=O) groups excluding carboxylic acids is 1. The van der Waals surface area contributed by atoms with Crippen molar-refractivity contribution in [1.29, 1.82) is 0 Å². The number of nitrogens with two attached hydrogens (primary N) is 1. The first kappa shape index (κ1) is 15.3. The Morgan fingerprint density at radius 1 is 1.33 bits per heavy atom. The van der Waals surface area contributed by atoms with Crippen molar-refractivity contribution in [3.63, 3.8) is 0 Å². The summed E-state index contributed by atoms with van der Waals surface area (Å²) in [6.45, 7) is 3.60. The first-order valence-electron chi connectivity index (χ1n) is 7.25. The smallest absolute Gasteiger partial charge is 0.235 e. The van der Waals surface area contributed by atoms with Crippen molar-refractivity contribution in [2.75, 3.05) is 26.2 Å². The van der Waals surface area contributed by atoms with E-state index >= 15 is 0 Å². The molecule has 0 spiro atoms. The molecule has 0 aromatic heterocycles. The van der Waals surface area contributed by atoms with E-state index in [9.17, 15) is 4.79 Å². The lowest BCUT2D eigenvalue weighted by atomic mass is 9.97. The molecule has 6 nitrogen and oxygen atoms in total. The van der Waals surface area contributed by atoms with Gasteiger partial charge < -0.3 is 21.2 Å². The third kappa shape index (κ3) is 4.19. The van der Waals surface area contributed by atoms with Crippen molar-refractivity contribution in [2.45, 2.75) is 18.8 Å². The van der Waals surface area contributed by atoms with Crippen LogP contribution in [0.25, 0.3) is 0 Å². The molecular weight excluding hydrogens is 268 g/mol. The zero-order valence-corrected chi connectivity index (χ0v) is 12.0. The van der Waals surface area contributed by atoms with E-state index in [-0.39, 0.29) is 11.7 Å². The largest absolute Gasteiger partial charge is 0.409 e. The molecule has 1 aliphatic heterocycles. The van der Waals surface area contributed by atoms with Crippen LogP contribution in [0.1, 0.15) is 24.3 Å². The van der Waals surface area contributed by atoms with Crippen molar-refractivity contribution >= 4 is 11.7 Å². The van der Waals surface area contributed by atoms with Gasteiger partial charge in [0.15, 0.2) is 5.84 Å². The molecule has 1 atom stereocenters. The summed E-state index contributed by atoms with van der Waals surface area (Å²) in [5.74, 6) is -1.09. The number of oxime groups is 1. The summed E-state index contributed by atoms with van der Waals surface area (Å²) in [6, 6.07) is 9.10. The first-order chi connectivity index (χ1) is 10.2. The lowest BCUT2D eigenvalue weighted by Crippen LogP contribution is -2.40. The van der Waals surface area contributed by atoms with Crippen LogP contribution in [0.5, 0.6) is 0 Å². The molecule has 1 heterocycles. The first-order valence-corrected chi connectivity index (χ1v) is 7.25. The summed E-state index contributed by atoms with van der Waals surface area (Å²) in [4.78, 5) is 14.6. The minimum absolute atomic E-state index is 0.0973. The van der Waals surface area contributed by atoms with Gasteiger partial charge in [-0.15, -0.1) is 0 Å². The van der Waals surface area contributed by atoms with E-state index in [1.165, 1.54) is 12.8 Å². The normalized spacial score (nSPS) is 17.6. The maximum Gasteiger partial charge on any atom is 0.235 e. The molecular formula is C15H22N4O2. The van der Waals surface area contributed by atoms with Crippen LogP contribution in [0.3, 0.4) is 0 Å².